The van der Waals surface area contributed by atoms with Crippen molar-refractivity contribution in [2.75, 3.05) is 0 Å². The van der Waals surface area contributed by atoms with Crippen LogP contribution in [0.4, 0.5) is 4.39 Å². The third kappa shape index (κ3) is 3.41. The molecule has 126 valence electrons. The largest absolute Gasteiger partial charge is 0.479 e. The highest BCUT2D eigenvalue weighted by atomic mass is 32.1. The molecule has 2 N–H and O–H groups in total. The highest BCUT2D eigenvalue weighted by Gasteiger charge is 2.23. The van der Waals surface area contributed by atoms with Gasteiger partial charge in [0.25, 0.3) is 5.91 Å². The van der Waals surface area contributed by atoms with Crippen molar-refractivity contribution >= 4 is 35.1 Å². The van der Waals surface area contributed by atoms with Crippen LogP contribution in [-0.4, -0.2) is 17.0 Å². The van der Waals surface area contributed by atoms with Crippen molar-refractivity contribution in [1.82, 2.24) is 5.32 Å². The van der Waals surface area contributed by atoms with E-state index in [1.54, 1.807) is 30.3 Å². The number of carboxylic acid groups (broad SMARTS) is 1. The topological polar surface area (TPSA) is 79.5 Å². The molecule has 0 saturated heterocycles. The van der Waals surface area contributed by atoms with Crippen molar-refractivity contribution in [3.8, 4) is 0 Å². The van der Waals surface area contributed by atoms with Crippen molar-refractivity contribution in [3.05, 3.63) is 76.2 Å². The second kappa shape index (κ2) is 6.82. The fourth-order valence-corrected chi connectivity index (χ4v) is 2.70. The van der Waals surface area contributed by atoms with Gasteiger partial charge < -0.3 is 14.8 Å². The number of fused-ring (bicyclic) bond motifs is 1. The molecule has 0 fully saturated rings. The van der Waals surface area contributed by atoms with Crippen LogP contribution < -0.4 is 5.32 Å². The van der Waals surface area contributed by atoms with E-state index in [2.05, 4.69) is 5.32 Å². The number of nitrogens with one attached hydrogen (secondary N) is 1. The van der Waals surface area contributed by atoms with Crippen LogP contribution in [-0.2, 0) is 4.79 Å². The molecule has 0 radical (unpaired) electrons. The third-order valence-corrected chi connectivity index (χ3v) is 4.07. The molecule has 0 aliphatic rings. The molecule has 1 unspecified atom stereocenters. The van der Waals surface area contributed by atoms with Gasteiger partial charge in [0.1, 0.15) is 17.7 Å². The maximum absolute atomic E-state index is 13.4. The standard InChI is InChI=1S/C18H12FNO4S/c19-11-6-7-14-12(8-11)16(25)13(9-24-14)17(21)20-15(18(22)23)10-4-2-1-3-5-10/h1-9,15H,(H,20,21)(H,22,23). The molecule has 0 aliphatic carbocycles. The van der Waals surface area contributed by atoms with E-state index in [1.165, 1.54) is 18.2 Å². The molecule has 7 heteroatoms. The summed E-state index contributed by atoms with van der Waals surface area (Å²) in [5, 5.41) is 12.1. The van der Waals surface area contributed by atoms with Crippen LogP contribution in [0.25, 0.3) is 11.0 Å². The molecule has 5 nitrogen and oxygen atoms in total. The van der Waals surface area contributed by atoms with E-state index in [0.29, 0.717) is 11.1 Å². The molecule has 25 heavy (non-hydrogen) atoms. The van der Waals surface area contributed by atoms with Crippen LogP contribution in [0.3, 0.4) is 0 Å². The molecular weight excluding hydrogens is 345 g/mol. The fraction of sp³-hybridized carbons (Fsp3) is 0.0556. The van der Waals surface area contributed by atoms with Gasteiger partial charge in [-0.2, -0.15) is 0 Å². The van der Waals surface area contributed by atoms with Gasteiger partial charge in [0.05, 0.1) is 10.1 Å². The van der Waals surface area contributed by atoms with Crippen LogP contribution in [0, 0.1) is 10.3 Å². The van der Waals surface area contributed by atoms with Crippen LogP contribution in [0.2, 0.25) is 0 Å². The first-order valence-corrected chi connectivity index (χ1v) is 7.68. The summed E-state index contributed by atoms with van der Waals surface area (Å²) in [7, 11) is 0. The zero-order valence-electron chi connectivity index (χ0n) is 12.7. The lowest BCUT2D eigenvalue weighted by atomic mass is 10.1. The number of rotatable bonds is 4. The molecule has 2 aromatic carbocycles. The van der Waals surface area contributed by atoms with Gasteiger partial charge in [0.2, 0.25) is 0 Å². The minimum atomic E-state index is -1.24. The molecule has 0 bridgehead atoms. The highest BCUT2D eigenvalue weighted by molar-refractivity contribution is 7.71. The Balaban J connectivity index is 1.98. The number of halogens is 1. The molecule has 1 amide bonds. The fourth-order valence-electron chi connectivity index (χ4n) is 2.40. The van der Waals surface area contributed by atoms with Crippen LogP contribution >= 0.6 is 12.2 Å². The van der Waals surface area contributed by atoms with Gasteiger partial charge in [-0.05, 0) is 23.8 Å². The summed E-state index contributed by atoms with van der Waals surface area (Å²) in [5.41, 5.74) is 0.717. The zero-order valence-corrected chi connectivity index (χ0v) is 13.5. The van der Waals surface area contributed by atoms with Crippen molar-refractivity contribution in [1.29, 1.82) is 0 Å². The molecular formula is C18H12FNO4S. The first kappa shape index (κ1) is 16.8. The van der Waals surface area contributed by atoms with Crippen LogP contribution in [0.5, 0.6) is 0 Å². The number of amides is 1. The first-order chi connectivity index (χ1) is 12.0. The Morgan fingerprint density at radius 2 is 1.88 bits per heavy atom. The molecule has 1 heterocycles. The van der Waals surface area contributed by atoms with Gasteiger partial charge >= 0.3 is 5.97 Å². The van der Waals surface area contributed by atoms with E-state index in [0.717, 1.165) is 6.26 Å². The van der Waals surface area contributed by atoms with Crippen LogP contribution in [0.1, 0.15) is 22.0 Å². The minimum Gasteiger partial charge on any atom is -0.479 e. The Bertz CT molecular complexity index is 1020. The summed E-state index contributed by atoms with van der Waals surface area (Å²) in [6.07, 6.45) is 1.14. The Morgan fingerprint density at radius 3 is 2.56 bits per heavy atom. The quantitative estimate of drug-likeness (QED) is 0.693. The predicted octanol–water partition coefficient (Wildman–Crippen LogP) is 3.86. The SMILES string of the molecule is O=C(NC(C(=O)O)c1ccccc1)c1coc2ccc(F)cc2c1=S. The van der Waals surface area contributed by atoms with Crippen molar-refractivity contribution in [2.24, 2.45) is 0 Å². The maximum atomic E-state index is 13.4. The van der Waals surface area contributed by atoms with Gasteiger partial charge in [0.15, 0.2) is 6.04 Å². The number of carboxylic acids is 1. The summed E-state index contributed by atoms with van der Waals surface area (Å²) in [4.78, 5) is 24.0. The Hall–Kier alpha value is -3.06. The maximum Gasteiger partial charge on any atom is 0.330 e. The van der Waals surface area contributed by atoms with Gasteiger partial charge in [-0.15, -0.1) is 0 Å². The van der Waals surface area contributed by atoms with E-state index in [9.17, 15) is 19.1 Å². The Labute approximate surface area is 146 Å². The summed E-state index contributed by atoms with van der Waals surface area (Å²) in [6, 6.07) is 10.8. The molecule has 3 rings (SSSR count). The van der Waals surface area contributed by atoms with Crippen molar-refractivity contribution in [3.63, 3.8) is 0 Å². The predicted molar refractivity (Wildman–Crippen MR) is 91.3 cm³/mol. The minimum absolute atomic E-state index is 0.0321. The molecule has 1 aromatic heterocycles. The van der Waals surface area contributed by atoms with Gasteiger partial charge in [-0.3, -0.25) is 4.79 Å². The van der Waals surface area contributed by atoms with E-state index in [1.807, 2.05) is 0 Å². The van der Waals surface area contributed by atoms with Crippen LogP contribution in [0.15, 0.2) is 59.2 Å². The summed E-state index contributed by atoms with van der Waals surface area (Å²) in [6.45, 7) is 0. The summed E-state index contributed by atoms with van der Waals surface area (Å²) in [5.74, 6) is -2.44. The lowest BCUT2D eigenvalue weighted by Gasteiger charge is -2.15. The zero-order chi connectivity index (χ0) is 18.0. The molecule has 0 saturated carbocycles. The second-order valence-electron chi connectivity index (χ2n) is 5.27. The number of aliphatic carboxylic acids is 1. The summed E-state index contributed by atoms with van der Waals surface area (Å²) >= 11 is 5.23. The number of carbonyl (C=O) groups excluding carboxylic acids is 1. The number of carbonyl (C=O) groups is 2. The normalized spacial score (nSPS) is 11.9. The molecule has 0 aliphatic heterocycles. The van der Waals surface area contributed by atoms with Gasteiger partial charge in [-0.1, -0.05) is 42.5 Å². The first-order valence-electron chi connectivity index (χ1n) is 7.27. The van der Waals surface area contributed by atoms with Gasteiger partial charge in [0, 0.05) is 5.39 Å². The molecule has 3 aromatic rings. The Kier molecular flexibility index (Phi) is 4.58. The third-order valence-electron chi connectivity index (χ3n) is 3.63. The lowest BCUT2D eigenvalue weighted by molar-refractivity contribution is -0.139. The number of hydrogen-bond donors (Lipinski definition) is 2. The average molecular weight is 357 g/mol. The molecule has 0 spiro atoms. The monoisotopic (exact) mass is 357 g/mol. The average Bonchev–Trinajstić information content (AvgIpc) is 2.60. The molecule has 1 atom stereocenters. The number of hydrogen-bond acceptors (Lipinski definition) is 4. The second-order valence-corrected chi connectivity index (χ2v) is 5.68. The van der Waals surface area contributed by atoms with Crippen molar-refractivity contribution in [2.45, 2.75) is 6.04 Å². The smallest absolute Gasteiger partial charge is 0.330 e. The van der Waals surface area contributed by atoms with Gasteiger partial charge in [-0.25, -0.2) is 9.18 Å². The van der Waals surface area contributed by atoms with E-state index in [4.69, 9.17) is 16.6 Å². The summed E-state index contributed by atoms with van der Waals surface area (Å²) < 4.78 is 18.8. The lowest BCUT2D eigenvalue weighted by Crippen LogP contribution is -2.33. The van der Waals surface area contributed by atoms with E-state index >= 15 is 0 Å². The Morgan fingerprint density at radius 1 is 1.16 bits per heavy atom. The van der Waals surface area contributed by atoms with E-state index in [-0.39, 0.29) is 15.5 Å². The number of benzene rings is 2. The van der Waals surface area contributed by atoms with E-state index < -0.39 is 23.7 Å². The van der Waals surface area contributed by atoms with Crippen molar-refractivity contribution < 1.29 is 23.5 Å². The highest BCUT2D eigenvalue weighted by Crippen LogP contribution is 2.21.